The minimum absolute atomic E-state index is 0.0520. The molecule has 1 aromatic carbocycles. The Labute approximate surface area is 87.6 Å². The van der Waals surface area contributed by atoms with E-state index in [1.807, 2.05) is 24.3 Å². The van der Waals surface area contributed by atoms with Crippen molar-refractivity contribution in [2.75, 3.05) is 0 Å². The first-order valence-electron chi connectivity index (χ1n) is 5.21. The van der Waals surface area contributed by atoms with E-state index < -0.39 is 8.07 Å². The van der Waals surface area contributed by atoms with Crippen molar-refractivity contribution in [2.24, 2.45) is 0 Å². The number of hydrogen-bond acceptors (Lipinski definition) is 0. The molecule has 0 spiro atoms. The van der Waals surface area contributed by atoms with Crippen LogP contribution in [0.3, 0.4) is 0 Å². The quantitative estimate of drug-likeness (QED) is 0.315. The zero-order valence-electron chi connectivity index (χ0n) is 9.91. The van der Waals surface area contributed by atoms with E-state index in [1.165, 1.54) is 0 Å². The van der Waals surface area contributed by atoms with Crippen LogP contribution in [0.1, 0.15) is 12.5 Å². The molecule has 0 bridgehead atoms. The van der Waals surface area contributed by atoms with Gasteiger partial charge in [0.1, 0.15) is 0 Å². The largest absolute Gasteiger partial charge is 0.361 e. The molecule has 0 aliphatic heterocycles. The Morgan fingerprint density at radius 2 is 2.07 bits per heavy atom. The maximum Gasteiger partial charge on any atom is 0.288 e. The van der Waals surface area contributed by atoms with Crippen LogP contribution in [0.25, 0.3) is 5.53 Å². The molecule has 1 rings (SSSR count). The Bertz CT molecular complexity index is 403. The molecule has 1 aromatic rings. The molecule has 0 amide bonds. The average Bonchev–Trinajstić information content (AvgIpc) is 2.15. The average molecular weight is 205 g/mol. The van der Waals surface area contributed by atoms with E-state index >= 15 is 0 Å². The highest BCUT2D eigenvalue weighted by Gasteiger charge is 2.16. The summed E-state index contributed by atoms with van der Waals surface area (Å²) in [4.78, 5) is 2.95. The van der Waals surface area contributed by atoms with Gasteiger partial charge in [-0.05, 0) is 17.7 Å². The normalized spacial score (nSPS) is 11.8. The molecule has 0 heterocycles. The number of hydrogen-bond donors (Lipinski definition) is 0. The minimum atomic E-state index is -1.21. The Kier molecular flexibility index (Phi) is 2.92. The molecule has 0 fully saturated rings. The highest BCUT2D eigenvalue weighted by atomic mass is 28.3. The molecule has 3 heteroatoms. The van der Waals surface area contributed by atoms with E-state index in [4.69, 9.17) is 6.90 Å². The van der Waals surface area contributed by atoms with Crippen LogP contribution in [0.2, 0.25) is 19.6 Å². The highest BCUT2D eigenvalue weighted by Crippen LogP contribution is 2.14. The summed E-state index contributed by atoms with van der Waals surface area (Å²) in [5.74, 6) is 0. The van der Waals surface area contributed by atoms with Gasteiger partial charge in [-0.3, -0.25) is 0 Å². The maximum absolute atomic E-state index is 8.62. The summed E-state index contributed by atoms with van der Waals surface area (Å²) in [6, 6.07) is 8.66. The lowest BCUT2D eigenvalue weighted by Gasteiger charge is -2.16. The van der Waals surface area contributed by atoms with E-state index in [9.17, 15) is 0 Å². The second-order valence-electron chi connectivity index (χ2n) is 4.61. The van der Waals surface area contributed by atoms with E-state index in [2.05, 4.69) is 24.4 Å². The van der Waals surface area contributed by atoms with Crippen molar-refractivity contribution in [3.8, 4) is 0 Å². The molecule has 0 aliphatic rings. The summed E-state index contributed by atoms with van der Waals surface area (Å²) in [6.07, 6.45) is -0.0520. The minimum Gasteiger partial charge on any atom is -0.361 e. The van der Waals surface area contributed by atoms with E-state index in [-0.39, 0.29) is 6.19 Å². The van der Waals surface area contributed by atoms with Crippen molar-refractivity contribution in [2.45, 2.75) is 25.7 Å². The van der Waals surface area contributed by atoms with Crippen molar-refractivity contribution in [3.05, 3.63) is 40.9 Å². The SMILES string of the molecule is [2H]C(=[N+]=[N-])c1ccccc1C[Si](C)(C)C. The van der Waals surface area contributed by atoms with Crippen molar-refractivity contribution < 1.29 is 6.16 Å². The predicted octanol–water partition coefficient (Wildman–Crippen LogP) is 2.76. The summed E-state index contributed by atoms with van der Waals surface area (Å²) in [5.41, 5.74) is 10.5. The first kappa shape index (κ1) is 9.37. The van der Waals surface area contributed by atoms with Gasteiger partial charge >= 0.3 is 0 Å². The van der Waals surface area contributed by atoms with Gasteiger partial charge < -0.3 is 5.53 Å². The maximum atomic E-state index is 8.62. The van der Waals surface area contributed by atoms with Crippen molar-refractivity contribution in [1.29, 1.82) is 0 Å². The molecular weight excluding hydrogens is 188 g/mol. The summed E-state index contributed by atoms with van der Waals surface area (Å²) in [6.45, 7) is 6.84. The van der Waals surface area contributed by atoms with Gasteiger partial charge in [0.25, 0.3) is 6.19 Å². The van der Waals surface area contributed by atoms with E-state index in [0.29, 0.717) is 0 Å². The fourth-order valence-electron chi connectivity index (χ4n) is 1.41. The molecule has 0 radical (unpaired) electrons. The third-order valence-electron chi connectivity index (χ3n) is 1.91. The molecule has 0 aliphatic carbocycles. The molecule has 14 heavy (non-hydrogen) atoms. The third kappa shape index (κ3) is 3.28. The van der Waals surface area contributed by atoms with Crippen LogP contribution in [-0.2, 0) is 6.04 Å². The van der Waals surface area contributed by atoms with Gasteiger partial charge in [0.05, 0.1) is 5.56 Å². The summed E-state index contributed by atoms with van der Waals surface area (Å²) in [5, 5.41) is 0. The van der Waals surface area contributed by atoms with E-state index in [0.717, 1.165) is 17.2 Å². The van der Waals surface area contributed by atoms with Gasteiger partial charge in [-0.15, -0.1) is 0 Å². The number of benzene rings is 1. The molecule has 0 saturated heterocycles. The van der Waals surface area contributed by atoms with Crippen LogP contribution < -0.4 is 0 Å². The van der Waals surface area contributed by atoms with Crippen LogP contribution >= 0.6 is 0 Å². The summed E-state index contributed by atoms with van der Waals surface area (Å²) < 4.78 is 7.53. The van der Waals surface area contributed by atoms with Gasteiger partial charge in [-0.1, -0.05) is 37.8 Å². The Balaban J connectivity index is 3.13. The van der Waals surface area contributed by atoms with Crippen molar-refractivity contribution in [1.82, 2.24) is 0 Å². The van der Waals surface area contributed by atoms with Gasteiger partial charge in [0.15, 0.2) is 1.37 Å². The smallest absolute Gasteiger partial charge is 0.288 e. The number of nitrogens with zero attached hydrogens (tertiary/aromatic N) is 2. The summed E-state index contributed by atoms with van der Waals surface area (Å²) in [7, 11) is -1.21. The Morgan fingerprint density at radius 3 is 2.64 bits per heavy atom. The zero-order valence-corrected chi connectivity index (χ0v) is 9.91. The topological polar surface area (TPSA) is 36.4 Å². The standard InChI is InChI=1S/C11H16N2Si/c1-14(2,3)9-11-7-5-4-6-10(11)8-13-12/h4-8H,9H2,1-3H3/i8D. The van der Waals surface area contributed by atoms with Crippen LogP contribution in [0, 0.1) is 0 Å². The predicted molar refractivity (Wildman–Crippen MR) is 62.3 cm³/mol. The lowest BCUT2D eigenvalue weighted by molar-refractivity contribution is 0.00452. The second-order valence-corrected chi connectivity index (χ2v) is 10.1. The fraction of sp³-hybridized carbons (Fsp3) is 0.364. The molecule has 0 saturated carbocycles. The Morgan fingerprint density at radius 1 is 1.43 bits per heavy atom. The molecule has 74 valence electrons. The van der Waals surface area contributed by atoms with Gasteiger partial charge in [0, 0.05) is 8.07 Å². The fourth-order valence-corrected chi connectivity index (χ4v) is 2.86. The van der Waals surface area contributed by atoms with Gasteiger partial charge in [-0.25, -0.2) is 0 Å². The van der Waals surface area contributed by atoms with Crippen LogP contribution in [0.4, 0.5) is 0 Å². The lowest BCUT2D eigenvalue weighted by atomic mass is 10.1. The van der Waals surface area contributed by atoms with Gasteiger partial charge in [0.2, 0.25) is 0 Å². The first-order chi connectivity index (χ1) is 6.94. The molecule has 0 aromatic heterocycles. The Hall–Kier alpha value is -1.18. The molecule has 0 N–H and O–H groups in total. The molecular formula is C11H16N2Si. The first-order valence-corrected chi connectivity index (χ1v) is 8.42. The number of rotatable bonds is 3. The van der Waals surface area contributed by atoms with E-state index in [1.54, 1.807) is 0 Å². The highest BCUT2D eigenvalue weighted by molar-refractivity contribution is 6.75. The molecule has 0 atom stereocenters. The van der Waals surface area contributed by atoms with Crippen LogP contribution in [-0.4, -0.2) is 19.1 Å². The third-order valence-corrected chi connectivity index (χ3v) is 3.35. The van der Waals surface area contributed by atoms with Crippen molar-refractivity contribution >= 4 is 14.3 Å². The second kappa shape index (κ2) is 4.36. The zero-order chi connectivity index (χ0) is 11.5. The van der Waals surface area contributed by atoms with Crippen molar-refractivity contribution in [3.63, 3.8) is 0 Å². The summed E-state index contributed by atoms with van der Waals surface area (Å²) >= 11 is 0. The van der Waals surface area contributed by atoms with Crippen LogP contribution in [0.15, 0.2) is 24.3 Å². The monoisotopic (exact) mass is 205 g/mol. The lowest BCUT2D eigenvalue weighted by Crippen LogP contribution is -2.24. The van der Waals surface area contributed by atoms with Gasteiger partial charge in [-0.2, -0.15) is 4.79 Å². The van der Waals surface area contributed by atoms with Crippen LogP contribution in [0.5, 0.6) is 0 Å². The molecule has 2 nitrogen and oxygen atoms in total. The molecule has 0 unspecified atom stereocenters.